The number of nitrogens with one attached hydrogen (secondary N) is 1. The van der Waals surface area contributed by atoms with Crippen LogP contribution in [-0.2, 0) is 11.4 Å². The Balaban J connectivity index is 1.51. The number of hydrogen-bond donors (Lipinski definition) is 1. The van der Waals surface area contributed by atoms with Crippen molar-refractivity contribution < 1.29 is 19.1 Å². The van der Waals surface area contributed by atoms with E-state index >= 15 is 0 Å². The van der Waals surface area contributed by atoms with Gasteiger partial charge in [0.2, 0.25) is 5.91 Å². The fourth-order valence-corrected chi connectivity index (χ4v) is 3.84. The molecule has 4 rings (SSSR count). The van der Waals surface area contributed by atoms with Gasteiger partial charge in [-0.05, 0) is 36.8 Å². The molecule has 0 spiro atoms. The van der Waals surface area contributed by atoms with E-state index in [2.05, 4.69) is 10.3 Å². The third kappa shape index (κ3) is 4.28. The molecular weight excluding hydrogens is 402 g/mol. The molecule has 2 aromatic carbocycles. The van der Waals surface area contributed by atoms with Gasteiger partial charge in [0, 0.05) is 23.9 Å². The lowest BCUT2D eigenvalue weighted by atomic mass is 10.1. The molecule has 2 heterocycles. The zero-order valence-electron chi connectivity index (χ0n) is 16.5. The van der Waals surface area contributed by atoms with E-state index in [0.29, 0.717) is 48.0 Å². The molecule has 1 fully saturated rings. The van der Waals surface area contributed by atoms with Crippen molar-refractivity contribution >= 4 is 34.5 Å². The highest BCUT2D eigenvalue weighted by Crippen LogP contribution is 2.32. The number of methoxy groups -OCH3 is 1. The SMILES string of the molecule is COc1cc(C(=O)Nc2ccccc2N2CCCC2=O)ccc1OCc1cscn1. The maximum Gasteiger partial charge on any atom is 0.255 e. The largest absolute Gasteiger partial charge is 0.493 e. The third-order valence-electron chi connectivity index (χ3n) is 4.80. The summed E-state index contributed by atoms with van der Waals surface area (Å²) in [6, 6.07) is 12.3. The van der Waals surface area contributed by atoms with Crippen LogP contribution in [0.2, 0.25) is 0 Å². The fraction of sp³-hybridized carbons (Fsp3) is 0.227. The van der Waals surface area contributed by atoms with Crippen LogP contribution in [0.4, 0.5) is 11.4 Å². The Bertz CT molecular complexity index is 1050. The lowest BCUT2D eigenvalue weighted by Gasteiger charge is -2.20. The molecule has 1 aliphatic heterocycles. The van der Waals surface area contributed by atoms with Gasteiger partial charge in [0.25, 0.3) is 5.91 Å². The topological polar surface area (TPSA) is 80.8 Å². The first kappa shape index (κ1) is 19.9. The van der Waals surface area contributed by atoms with E-state index in [1.807, 2.05) is 23.6 Å². The summed E-state index contributed by atoms with van der Waals surface area (Å²) in [5.41, 5.74) is 4.31. The maximum absolute atomic E-state index is 12.9. The molecule has 7 nitrogen and oxygen atoms in total. The van der Waals surface area contributed by atoms with Crippen molar-refractivity contribution in [3.63, 3.8) is 0 Å². The second kappa shape index (κ2) is 8.96. The number of thiazole rings is 1. The normalized spacial score (nSPS) is 13.4. The number of para-hydroxylation sites is 2. The predicted octanol–water partition coefficient (Wildman–Crippen LogP) is 4.11. The van der Waals surface area contributed by atoms with Crippen molar-refractivity contribution in [2.75, 3.05) is 23.9 Å². The number of anilines is 2. The van der Waals surface area contributed by atoms with E-state index in [4.69, 9.17) is 9.47 Å². The van der Waals surface area contributed by atoms with E-state index in [0.717, 1.165) is 12.1 Å². The number of hydrogen-bond acceptors (Lipinski definition) is 6. The molecular formula is C22H21N3O4S. The van der Waals surface area contributed by atoms with Crippen LogP contribution in [-0.4, -0.2) is 30.5 Å². The summed E-state index contributed by atoms with van der Waals surface area (Å²) in [4.78, 5) is 30.9. The highest BCUT2D eigenvalue weighted by molar-refractivity contribution is 7.07. The van der Waals surface area contributed by atoms with Gasteiger partial charge in [-0.2, -0.15) is 0 Å². The molecule has 0 saturated carbocycles. The van der Waals surface area contributed by atoms with Crippen molar-refractivity contribution in [2.45, 2.75) is 19.4 Å². The smallest absolute Gasteiger partial charge is 0.255 e. The van der Waals surface area contributed by atoms with Gasteiger partial charge in [-0.15, -0.1) is 11.3 Å². The average molecular weight is 423 g/mol. The van der Waals surface area contributed by atoms with Crippen molar-refractivity contribution in [3.05, 3.63) is 64.6 Å². The number of carbonyl (C=O) groups is 2. The molecule has 8 heteroatoms. The first-order valence-electron chi connectivity index (χ1n) is 9.54. The van der Waals surface area contributed by atoms with E-state index in [-0.39, 0.29) is 11.8 Å². The van der Waals surface area contributed by atoms with Gasteiger partial charge in [0.15, 0.2) is 11.5 Å². The summed E-state index contributed by atoms with van der Waals surface area (Å²) >= 11 is 1.50. The Morgan fingerprint density at radius 1 is 1.23 bits per heavy atom. The number of benzene rings is 2. The molecule has 1 aromatic heterocycles. The van der Waals surface area contributed by atoms with E-state index in [1.165, 1.54) is 18.4 Å². The number of amides is 2. The van der Waals surface area contributed by atoms with Crippen LogP contribution in [0.15, 0.2) is 53.4 Å². The van der Waals surface area contributed by atoms with Gasteiger partial charge >= 0.3 is 0 Å². The van der Waals surface area contributed by atoms with Crippen molar-refractivity contribution in [2.24, 2.45) is 0 Å². The molecule has 1 N–H and O–H groups in total. The molecule has 1 aliphatic rings. The summed E-state index contributed by atoms with van der Waals surface area (Å²) in [6.45, 7) is 0.979. The first-order valence-corrected chi connectivity index (χ1v) is 10.5. The summed E-state index contributed by atoms with van der Waals surface area (Å²) in [6.07, 6.45) is 1.35. The van der Waals surface area contributed by atoms with Crippen LogP contribution < -0.4 is 19.7 Å². The average Bonchev–Trinajstić information content (AvgIpc) is 3.44. The van der Waals surface area contributed by atoms with Gasteiger partial charge in [-0.25, -0.2) is 4.98 Å². The van der Waals surface area contributed by atoms with Gasteiger partial charge in [-0.3, -0.25) is 9.59 Å². The van der Waals surface area contributed by atoms with Gasteiger partial charge in [0.1, 0.15) is 6.61 Å². The maximum atomic E-state index is 12.9. The molecule has 0 aliphatic carbocycles. The molecule has 0 bridgehead atoms. The summed E-state index contributed by atoms with van der Waals surface area (Å²) in [5, 5.41) is 4.83. The van der Waals surface area contributed by atoms with Crippen molar-refractivity contribution in [3.8, 4) is 11.5 Å². The molecule has 154 valence electrons. The Kier molecular flexibility index (Phi) is 5.94. The Hall–Kier alpha value is -3.39. The molecule has 0 radical (unpaired) electrons. The molecule has 1 saturated heterocycles. The first-order chi connectivity index (χ1) is 14.7. The Labute approximate surface area is 178 Å². The zero-order chi connectivity index (χ0) is 20.9. The second-order valence-corrected chi connectivity index (χ2v) is 7.47. The van der Waals surface area contributed by atoms with Crippen molar-refractivity contribution in [1.82, 2.24) is 4.98 Å². The number of rotatable bonds is 7. The summed E-state index contributed by atoms with van der Waals surface area (Å²) < 4.78 is 11.2. The molecule has 2 amide bonds. The third-order valence-corrected chi connectivity index (χ3v) is 5.44. The summed E-state index contributed by atoms with van der Waals surface area (Å²) in [7, 11) is 1.53. The van der Waals surface area contributed by atoms with Crippen LogP contribution in [0.3, 0.4) is 0 Å². The molecule has 0 atom stereocenters. The molecule has 0 unspecified atom stereocenters. The van der Waals surface area contributed by atoms with E-state index in [1.54, 1.807) is 34.7 Å². The monoisotopic (exact) mass is 423 g/mol. The number of aromatic nitrogens is 1. The zero-order valence-corrected chi connectivity index (χ0v) is 17.3. The van der Waals surface area contributed by atoms with E-state index in [9.17, 15) is 9.59 Å². The van der Waals surface area contributed by atoms with Gasteiger partial charge in [-0.1, -0.05) is 12.1 Å². The fourth-order valence-electron chi connectivity index (χ4n) is 3.30. The van der Waals surface area contributed by atoms with Crippen molar-refractivity contribution in [1.29, 1.82) is 0 Å². The van der Waals surface area contributed by atoms with Crippen LogP contribution in [0, 0.1) is 0 Å². The van der Waals surface area contributed by atoms with Gasteiger partial charge in [0.05, 0.1) is 29.7 Å². The standard InChI is InChI=1S/C22H21N3O4S/c1-28-20-11-15(8-9-19(20)29-12-16-13-30-14-23-16)22(27)24-17-5-2-3-6-18(17)25-10-4-7-21(25)26/h2-3,5-6,8-9,11,13-14H,4,7,10,12H2,1H3,(H,24,27). The molecule has 30 heavy (non-hydrogen) atoms. The lowest BCUT2D eigenvalue weighted by Crippen LogP contribution is -2.25. The van der Waals surface area contributed by atoms with Crippen LogP contribution >= 0.6 is 11.3 Å². The highest BCUT2D eigenvalue weighted by Gasteiger charge is 2.24. The number of carbonyl (C=O) groups excluding carboxylic acids is 2. The van der Waals surface area contributed by atoms with E-state index < -0.39 is 0 Å². The van der Waals surface area contributed by atoms with Crippen LogP contribution in [0.1, 0.15) is 28.9 Å². The lowest BCUT2D eigenvalue weighted by molar-refractivity contribution is -0.117. The Morgan fingerprint density at radius 2 is 2.10 bits per heavy atom. The minimum absolute atomic E-state index is 0.0694. The Morgan fingerprint density at radius 3 is 2.83 bits per heavy atom. The molecule has 3 aromatic rings. The minimum atomic E-state index is -0.293. The summed E-state index contributed by atoms with van der Waals surface area (Å²) in [5.74, 6) is 0.768. The van der Waals surface area contributed by atoms with Crippen LogP contribution in [0.25, 0.3) is 0 Å². The highest BCUT2D eigenvalue weighted by atomic mass is 32.1. The van der Waals surface area contributed by atoms with Crippen LogP contribution in [0.5, 0.6) is 11.5 Å². The van der Waals surface area contributed by atoms with Gasteiger partial charge < -0.3 is 19.7 Å². The predicted molar refractivity (Wildman–Crippen MR) is 115 cm³/mol. The quantitative estimate of drug-likeness (QED) is 0.619. The minimum Gasteiger partial charge on any atom is -0.493 e. The second-order valence-electron chi connectivity index (χ2n) is 6.75. The number of nitrogens with zero attached hydrogens (tertiary/aromatic N) is 2. The number of ether oxygens (including phenoxy) is 2.